The third kappa shape index (κ3) is 4.28. The summed E-state index contributed by atoms with van der Waals surface area (Å²) in [6.07, 6.45) is 0.739. The fourth-order valence-corrected chi connectivity index (χ4v) is 2.73. The summed E-state index contributed by atoms with van der Waals surface area (Å²) in [5.74, 6) is -0.478. The minimum absolute atomic E-state index is 0.0783. The van der Waals surface area contributed by atoms with E-state index in [4.69, 9.17) is 0 Å². The minimum atomic E-state index is -3.33. The predicted molar refractivity (Wildman–Crippen MR) is 61.9 cm³/mol. The number of hydrogen-bond acceptors (Lipinski definition) is 2. The van der Waals surface area contributed by atoms with Crippen LogP contribution in [0.15, 0.2) is 24.3 Å². The molecule has 0 heterocycles. The van der Waals surface area contributed by atoms with Gasteiger partial charge < -0.3 is 0 Å². The van der Waals surface area contributed by atoms with Crippen molar-refractivity contribution >= 4 is 10.0 Å². The van der Waals surface area contributed by atoms with Gasteiger partial charge in [0.1, 0.15) is 5.82 Å². The number of nitrogens with one attached hydrogen (secondary N) is 1. The van der Waals surface area contributed by atoms with E-state index in [2.05, 4.69) is 4.72 Å². The van der Waals surface area contributed by atoms with Crippen molar-refractivity contribution in [3.05, 3.63) is 35.6 Å². The largest absolute Gasteiger partial charge is 0.216 e. The van der Waals surface area contributed by atoms with Crippen molar-refractivity contribution in [2.75, 3.05) is 0 Å². The molecule has 0 spiro atoms. The smallest absolute Gasteiger partial charge is 0.212 e. The van der Waals surface area contributed by atoms with Crippen LogP contribution in [0.5, 0.6) is 0 Å². The molecule has 3 nitrogen and oxygen atoms in total. The molecular formula is C11H16FNO2S. The molecular weight excluding hydrogens is 229 g/mol. The van der Waals surface area contributed by atoms with Crippen molar-refractivity contribution in [1.82, 2.24) is 4.72 Å². The quantitative estimate of drug-likeness (QED) is 0.863. The Kier molecular flexibility index (Phi) is 4.44. The highest BCUT2D eigenvalue weighted by Crippen LogP contribution is 2.07. The summed E-state index contributed by atoms with van der Waals surface area (Å²) >= 11 is 0. The Labute approximate surface area is 95.7 Å². The molecule has 0 amide bonds. The van der Waals surface area contributed by atoms with Crippen LogP contribution in [0, 0.1) is 5.82 Å². The standard InChI is InChI=1S/C11H16FNO2S/c1-3-9(2)13-16(14,15)8-10-4-6-11(12)7-5-10/h4-7,9,13H,3,8H2,1-2H3/t9-/m1/s1. The van der Waals surface area contributed by atoms with E-state index in [9.17, 15) is 12.8 Å². The number of hydrogen-bond donors (Lipinski definition) is 1. The average Bonchev–Trinajstić information content (AvgIpc) is 2.20. The zero-order valence-electron chi connectivity index (χ0n) is 9.40. The molecule has 1 aromatic carbocycles. The van der Waals surface area contributed by atoms with Gasteiger partial charge in [-0.05, 0) is 31.0 Å². The number of rotatable bonds is 5. The molecule has 1 atom stereocenters. The fraction of sp³-hybridized carbons (Fsp3) is 0.455. The summed E-state index contributed by atoms with van der Waals surface area (Å²) in [6, 6.07) is 5.39. The summed E-state index contributed by atoms with van der Waals surface area (Å²) in [7, 11) is -3.33. The van der Waals surface area contributed by atoms with E-state index < -0.39 is 10.0 Å². The van der Waals surface area contributed by atoms with E-state index in [1.54, 1.807) is 0 Å². The van der Waals surface area contributed by atoms with E-state index >= 15 is 0 Å². The predicted octanol–water partition coefficient (Wildman–Crippen LogP) is 2.04. The maximum Gasteiger partial charge on any atom is 0.216 e. The lowest BCUT2D eigenvalue weighted by Crippen LogP contribution is -2.32. The van der Waals surface area contributed by atoms with Gasteiger partial charge in [0.25, 0.3) is 0 Å². The number of sulfonamides is 1. The van der Waals surface area contributed by atoms with E-state index in [0.717, 1.165) is 6.42 Å². The zero-order chi connectivity index (χ0) is 12.2. The molecule has 0 aromatic heterocycles. The van der Waals surface area contributed by atoms with Crippen LogP contribution in [0.2, 0.25) is 0 Å². The van der Waals surface area contributed by atoms with E-state index in [1.165, 1.54) is 24.3 Å². The Balaban J connectivity index is 2.69. The van der Waals surface area contributed by atoms with Gasteiger partial charge in [-0.15, -0.1) is 0 Å². The highest BCUT2D eigenvalue weighted by molar-refractivity contribution is 7.88. The van der Waals surface area contributed by atoms with E-state index in [0.29, 0.717) is 5.56 Å². The van der Waals surface area contributed by atoms with Crippen molar-refractivity contribution in [2.24, 2.45) is 0 Å². The van der Waals surface area contributed by atoms with Crippen LogP contribution < -0.4 is 4.72 Å². The van der Waals surface area contributed by atoms with Crippen molar-refractivity contribution < 1.29 is 12.8 Å². The van der Waals surface area contributed by atoms with Crippen LogP contribution >= 0.6 is 0 Å². The lowest BCUT2D eigenvalue weighted by Gasteiger charge is -2.11. The second kappa shape index (κ2) is 5.41. The monoisotopic (exact) mass is 245 g/mol. The van der Waals surface area contributed by atoms with Crippen LogP contribution in [-0.2, 0) is 15.8 Å². The Morgan fingerprint density at radius 3 is 2.38 bits per heavy atom. The van der Waals surface area contributed by atoms with Crippen LogP contribution in [0.4, 0.5) is 4.39 Å². The van der Waals surface area contributed by atoms with Crippen LogP contribution in [0.25, 0.3) is 0 Å². The third-order valence-electron chi connectivity index (χ3n) is 2.26. The first kappa shape index (κ1) is 13.1. The van der Waals surface area contributed by atoms with Gasteiger partial charge in [0.2, 0.25) is 10.0 Å². The topological polar surface area (TPSA) is 46.2 Å². The lowest BCUT2D eigenvalue weighted by molar-refractivity contribution is 0.555. The van der Waals surface area contributed by atoms with Gasteiger partial charge in [-0.2, -0.15) is 0 Å². The highest BCUT2D eigenvalue weighted by atomic mass is 32.2. The average molecular weight is 245 g/mol. The molecule has 0 unspecified atom stereocenters. The van der Waals surface area contributed by atoms with Crippen molar-refractivity contribution in [3.8, 4) is 0 Å². The molecule has 0 radical (unpaired) electrons. The minimum Gasteiger partial charge on any atom is -0.212 e. The summed E-state index contributed by atoms with van der Waals surface area (Å²) in [5.41, 5.74) is 0.581. The maximum absolute atomic E-state index is 12.6. The number of halogens is 1. The molecule has 0 aliphatic heterocycles. The molecule has 5 heteroatoms. The first-order valence-electron chi connectivity index (χ1n) is 5.17. The van der Waals surface area contributed by atoms with Gasteiger partial charge in [-0.1, -0.05) is 19.1 Å². The van der Waals surface area contributed by atoms with Crippen LogP contribution in [0.3, 0.4) is 0 Å². The van der Waals surface area contributed by atoms with Crippen molar-refractivity contribution in [2.45, 2.75) is 32.1 Å². The fourth-order valence-electron chi connectivity index (χ4n) is 1.23. The molecule has 1 N–H and O–H groups in total. The molecule has 0 bridgehead atoms. The highest BCUT2D eigenvalue weighted by Gasteiger charge is 2.13. The van der Waals surface area contributed by atoms with Crippen LogP contribution in [0.1, 0.15) is 25.8 Å². The van der Waals surface area contributed by atoms with Crippen LogP contribution in [-0.4, -0.2) is 14.5 Å². The van der Waals surface area contributed by atoms with Gasteiger partial charge >= 0.3 is 0 Å². The second-order valence-electron chi connectivity index (χ2n) is 3.81. The molecule has 90 valence electrons. The van der Waals surface area contributed by atoms with Gasteiger partial charge in [0, 0.05) is 6.04 Å². The Bertz CT molecular complexity index is 428. The van der Waals surface area contributed by atoms with Gasteiger partial charge in [-0.25, -0.2) is 17.5 Å². The molecule has 1 rings (SSSR count). The summed E-state index contributed by atoms with van der Waals surface area (Å²) in [5, 5.41) is 0. The SMILES string of the molecule is CC[C@@H](C)NS(=O)(=O)Cc1ccc(F)cc1. The van der Waals surface area contributed by atoms with Crippen molar-refractivity contribution in [3.63, 3.8) is 0 Å². The second-order valence-corrected chi connectivity index (χ2v) is 5.57. The Morgan fingerprint density at radius 2 is 1.88 bits per heavy atom. The normalized spacial score (nSPS) is 13.7. The lowest BCUT2D eigenvalue weighted by atomic mass is 10.2. The summed E-state index contributed by atoms with van der Waals surface area (Å²) < 4.78 is 38.5. The van der Waals surface area contributed by atoms with Crippen molar-refractivity contribution in [1.29, 1.82) is 0 Å². The van der Waals surface area contributed by atoms with E-state index in [1.807, 2.05) is 13.8 Å². The summed E-state index contributed by atoms with van der Waals surface area (Å²) in [4.78, 5) is 0. The third-order valence-corrected chi connectivity index (χ3v) is 3.74. The molecule has 0 fully saturated rings. The molecule has 0 saturated heterocycles. The molecule has 0 aliphatic carbocycles. The van der Waals surface area contributed by atoms with Gasteiger partial charge in [0.15, 0.2) is 0 Å². The first-order valence-corrected chi connectivity index (χ1v) is 6.82. The first-order chi connectivity index (χ1) is 7.43. The van der Waals surface area contributed by atoms with E-state index in [-0.39, 0.29) is 17.6 Å². The summed E-state index contributed by atoms with van der Waals surface area (Å²) in [6.45, 7) is 3.72. The zero-order valence-corrected chi connectivity index (χ0v) is 10.2. The number of benzene rings is 1. The van der Waals surface area contributed by atoms with Gasteiger partial charge in [0.05, 0.1) is 5.75 Å². The maximum atomic E-state index is 12.6. The Morgan fingerprint density at radius 1 is 1.31 bits per heavy atom. The molecule has 1 aromatic rings. The Hall–Kier alpha value is -0.940. The molecule has 0 saturated carbocycles. The molecule has 0 aliphatic rings. The van der Waals surface area contributed by atoms with Gasteiger partial charge in [-0.3, -0.25) is 0 Å². The molecule has 16 heavy (non-hydrogen) atoms.